The molecule has 0 aromatic carbocycles. The van der Waals surface area contributed by atoms with Gasteiger partial charge in [0, 0.05) is 18.6 Å². The molecule has 0 radical (unpaired) electrons. The molecule has 2 saturated carbocycles. The molecule has 1 amide bonds. The van der Waals surface area contributed by atoms with E-state index in [4.69, 9.17) is 23.2 Å². The molecule has 0 aliphatic heterocycles. The van der Waals surface area contributed by atoms with Gasteiger partial charge in [-0.3, -0.25) is 4.79 Å². The smallest absolute Gasteiger partial charge is 0.229 e. The molecule has 0 saturated heterocycles. The van der Waals surface area contributed by atoms with Crippen molar-refractivity contribution in [2.75, 3.05) is 6.61 Å². The van der Waals surface area contributed by atoms with Crippen molar-refractivity contribution in [3.63, 3.8) is 0 Å². The molecule has 0 unspecified atom stereocenters. The first kappa shape index (κ1) is 14.4. The number of carbonyl (C=O) groups excluding carboxylic acids is 1. The zero-order valence-corrected chi connectivity index (χ0v) is 12.2. The molecule has 0 aromatic heterocycles. The lowest BCUT2D eigenvalue weighted by Crippen LogP contribution is -2.45. The summed E-state index contributed by atoms with van der Waals surface area (Å²) in [5, 5.41) is 12.5. The zero-order valence-electron chi connectivity index (χ0n) is 10.7. The number of aliphatic hydroxyl groups is 1. The second-order valence-corrected chi connectivity index (χ2v) is 7.36. The fourth-order valence-electron chi connectivity index (χ4n) is 2.77. The molecule has 2 fully saturated rings. The highest BCUT2D eigenvalue weighted by molar-refractivity contribution is 6.53. The minimum atomic E-state index is -0.920. The lowest BCUT2D eigenvalue weighted by Gasteiger charge is -2.26. The Morgan fingerprint density at radius 1 is 1.33 bits per heavy atom. The van der Waals surface area contributed by atoms with Crippen LogP contribution in [0.3, 0.4) is 0 Å². The molecule has 0 spiro atoms. The van der Waals surface area contributed by atoms with Crippen molar-refractivity contribution >= 4 is 29.1 Å². The number of hydrogen-bond acceptors (Lipinski definition) is 2. The third-order valence-corrected chi connectivity index (χ3v) is 5.57. The van der Waals surface area contributed by atoms with Crippen molar-refractivity contribution in [3.05, 3.63) is 0 Å². The fraction of sp³-hybridized carbons (Fsp3) is 0.923. The first-order valence-electron chi connectivity index (χ1n) is 6.70. The largest absolute Gasteiger partial charge is 0.396 e. The first-order chi connectivity index (χ1) is 8.40. The minimum absolute atomic E-state index is 0.0616. The van der Waals surface area contributed by atoms with Gasteiger partial charge in [0.05, 0.1) is 5.41 Å². The van der Waals surface area contributed by atoms with Crippen molar-refractivity contribution in [1.82, 2.24) is 5.32 Å². The lowest BCUT2D eigenvalue weighted by atomic mass is 9.94. The standard InChI is InChI=1S/C13H21Cl2NO2/c1-12(8-13(12,14)15)11(18)16-10-6-4-2-3-5-9(10)7-17/h9-10,17H,2-8H2,1H3,(H,16,18)/t9-,10-,12+/m0/s1. The molecule has 2 aliphatic rings. The van der Waals surface area contributed by atoms with Crippen LogP contribution < -0.4 is 5.32 Å². The highest BCUT2D eigenvalue weighted by atomic mass is 35.5. The second kappa shape index (κ2) is 5.18. The molecule has 2 N–H and O–H groups in total. The number of aliphatic hydroxyl groups excluding tert-OH is 1. The van der Waals surface area contributed by atoms with Crippen molar-refractivity contribution in [2.24, 2.45) is 11.3 Å². The molecule has 0 aromatic rings. The first-order valence-corrected chi connectivity index (χ1v) is 7.46. The summed E-state index contributed by atoms with van der Waals surface area (Å²) in [6.45, 7) is 1.93. The Morgan fingerprint density at radius 2 is 1.94 bits per heavy atom. The SMILES string of the molecule is C[C@]1(C(=O)N[C@H]2CCCCC[C@H]2CO)CC1(Cl)Cl. The van der Waals surface area contributed by atoms with Crippen molar-refractivity contribution < 1.29 is 9.90 Å². The molecular weight excluding hydrogens is 273 g/mol. The Kier molecular flexibility index (Phi) is 4.15. The van der Waals surface area contributed by atoms with E-state index in [-0.39, 0.29) is 24.5 Å². The van der Waals surface area contributed by atoms with E-state index in [9.17, 15) is 9.90 Å². The summed E-state index contributed by atoms with van der Waals surface area (Å²) in [6.07, 6.45) is 5.82. The molecule has 5 heteroatoms. The second-order valence-electron chi connectivity index (χ2n) is 5.87. The number of rotatable bonds is 3. The van der Waals surface area contributed by atoms with Crippen LogP contribution in [0, 0.1) is 11.3 Å². The number of nitrogens with one attached hydrogen (secondary N) is 1. The number of carbonyl (C=O) groups is 1. The van der Waals surface area contributed by atoms with E-state index < -0.39 is 9.75 Å². The topological polar surface area (TPSA) is 49.3 Å². The summed E-state index contributed by atoms with van der Waals surface area (Å²) in [5.41, 5.74) is -0.664. The molecule has 0 heterocycles. The van der Waals surface area contributed by atoms with E-state index in [0.29, 0.717) is 6.42 Å². The van der Waals surface area contributed by atoms with E-state index in [1.165, 1.54) is 6.42 Å². The van der Waals surface area contributed by atoms with Gasteiger partial charge in [0.25, 0.3) is 0 Å². The van der Waals surface area contributed by atoms with Crippen LogP contribution in [0.5, 0.6) is 0 Å². The Hall–Kier alpha value is 0.01000. The van der Waals surface area contributed by atoms with E-state index in [2.05, 4.69) is 5.32 Å². The molecule has 2 aliphatic carbocycles. The maximum atomic E-state index is 12.2. The monoisotopic (exact) mass is 293 g/mol. The van der Waals surface area contributed by atoms with Gasteiger partial charge in [0.1, 0.15) is 4.33 Å². The van der Waals surface area contributed by atoms with Crippen LogP contribution >= 0.6 is 23.2 Å². The summed E-state index contributed by atoms with van der Waals surface area (Å²) < 4.78 is -0.920. The normalized spacial score (nSPS) is 38.9. The summed E-state index contributed by atoms with van der Waals surface area (Å²) in [6, 6.07) is 0.0616. The van der Waals surface area contributed by atoms with Crippen molar-refractivity contribution in [2.45, 2.75) is 55.8 Å². The van der Waals surface area contributed by atoms with Gasteiger partial charge in [-0.15, -0.1) is 23.2 Å². The summed E-state index contributed by atoms with van der Waals surface area (Å²) in [7, 11) is 0. The fourth-order valence-corrected chi connectivity index (χ4v) is 3.47. The van der Waals surface area contributed by atoms with Crippen LogP contribution in [-0.4, -0.2) is 28.0 Å². The average molecular weight is 294 g/mol. The molecule has 3 atom stereocenters. The Morgan fingerprint density at radius 3 is 2.50 bits per heavy atom. The highest BCUT2D eigenvalue weighted by Crippen LogP contribution is 2.63. The van der Waals surface area contributed by atoms with E-state index in [0.717, 1.165) is 25.7 Å². The van der Waals surface area contributed by atoms with Gasteiger partial charge in [0.15, 0.2) is 0 Å². The van der Waals surface area contributed by atoms with E-state index >= 15 is 0 Å². The van der Waals surface area contributed by atoms with Gasteiger partial charge in [-0.2, -0.15) is 0 Å². The Balaban J connectivity index is 1.97. The van der Waals surface area contributed by atoms with Gasteiger partial charge in [-0.05, 0) is 26.2 Å². The molecule has 3 nitrogen and oxygen atoms in total. The van der Waals surface area contributed by atoms with Crippen LogP contribution in [0.2, 0.25) is 0 Å². The molecule has 104 valence electrons. The minimum Gasteiger partial charge on any atom is -0.396 e. The van der Waals surface area contributed by atoms with Crippen LogP contribution in [0.15, 0.2) is 0 Å². The molecule has 18 heavy (non-hydrogen) atoms. The summed E-state index contributed by atoms with van der Waals surface area (Å²) in [4.78, 5) is 12.2. The van der Waals surface area contributed by atoms with Crippen molar-refractivity contribution in [3.8, 4) is 0 Å². The zero-order chi connectivity index (χ0) is 13.4. The predicted octanol–water partition coefficient (Wildman–Crippen LogP) is 2.63. The number of amides is 1. The molecule has 2 rings (SSSR count). The van der Waals surface area contributed by atoms with Gasteiger partial charge in [-0.25, -0.2) is 0 Å². The Labute approximate surface area is 118 Å². The Bertz CT molecular complexity index is 335. The summed E-state index contributed by atoms with van der Waals surface area (Å²) in [5.74, 6) is 0.0942. The van der Waals surface area contributed by atoms with Gasteiger partial charge in [0.2, 0.25) is 5.91 Å². The third kappa shape index (κ3) is 2.63. The molecule has 0 bridgehead atoms. The van der Waals surface area contributed by atoms with Gasteiger partial charge < -0.3 is 10.4 Å². The maximum absolute atomic E-state index is 12.2. The predicted molar refractivity (Wildman–Crippen MR) is 72.8 cm³/mol. The van der Waals surface area contributed by atoms with Gasteiger partial charge >= 0.3 is 0 Å². The lowest BCUT2D eigenvalue weighted by molar-refractivity contribution is -0.127. The quantitative estimate of drug-likeness (QED) is 0.621. The van der Waals surface area contributed by atoms with Crippen LogP contribution in [-0.2, 0) is 4.79 Å². The van der Waals surface area contributed by atoms with Crippen LogP contribution in [0.4, 0.5) is 0 Å². The average Bonchev–Trinajstić information content (AvgIpc) is 2.91. The number of alkyl halides is 2. The highest BCUT2D eigenvalue weighted by Gasteiger charge is 2.68. The van der Waals surface area contributed by atoms with E-state index in [1.54, 1.807) is 6.92 Å². The van der Waals surface area contributed by atoms with Gasteiger partial charge in [-0.1, -0.05) is 19.3 Å². The number of halogens is 2. The molecular formula is C13H21Cl2NO2. The van der Waals surface area contributed by atoms with Crippen molar-refractivity contribution in [1.29, 1.82) is 0 Å². The van der Waals surface area contributed by atoms with E-state index in [1.807, 2.05) is 0 Å². The van der Waals surface area contributed by atoms with Crippen LogP contribution in [0.25, 0.3) is 0 Å². The van der Waals surface area contributed by atoms with Crippen LogP contribution in [0.1, 0.15) is 45.4 Å². The summed E-state index contributed by atoms with van der Waals surface area (Å²) >= 11 is 12.0. The number of hydrogen-bond donors (Lipinski definition) is 2. The maximum Gasteiger partial charge on any atom is 0.229 e. The third-order valence-electron chi connectivity index (χ3n) is 4.47.